The van der Waals surface area contributed by atoms with Crippen LogP contribution in [0.25, 0.3) is 0 Å². The minimum atomic E-state index is -4.80. The fourth-order valence-corrected chi connectivity index (χ4v) is 2.15. The second-order valence-corrected chi connectivity index (χ2v) is 5.17. The number of Topliss-reactive ketones (excluding diaryl/α,β-unsaturated/α-hetero) is 1. The van der Waals surface area contributed by atoms with Gasteiger partial charge in [0.1, 0.15) is 0 Å². The quantitative estimate of drug-likeness (QED) is 0.837. The summed E-state index contributed by atoms with van der Waals surface area (Å²) in [6.07, 6.45) is -5.31. The number of amides is 1. The highest BCUT2D eigenvalue weighted by molar-refractivity contribution is 6.13. The fourth-order valence-electron chi connectivity index (χ4n) is 2.15. The molecule has 1 heterocycles. The first-order valence-electron chi connectivity index (χ1n) is 6.84. The van der Waals surface area contributed by atoms with Crippen molar-refractivity contribution in [3.8, 4) is 0 Å². The summed E-state index contributed by atoms with van der Waals surface area (Å²) in [6, 6.07) is 8.79. The van der Waals surface area contributed by atoms with Crippen LogP contribution in [0.5, 0.6) is 0 Å². The van der Waals surface area contributed by atoms with E-state index < -0.39 is 18.4 Å². The Morgan fingerprint density at radius 2 is 1.95 bits per heavy atom. The van der Waals surface area contributed by atoms with Crippen LogP contribution in [-0.2, 0) is 9.59 Å². The summed E-state index contributed by atoms with van der Waals surface area (Å²) in [5.74, 6) is -2.33. The SMILES string of the molecule is CC(CCC(=O)C(F)(F)F)C1=NN(c2ccccc2)C(=O)C1. The summed E-state index contributed by atoms with van der Waals surface area (Å²) in [5.41, 5.74) is 1.12. The molecule has 22 heavy (non-hydrogen) atoms. The summed E-state index contributed by atoms with van der Waals surface area (Å²) < 4.78 is 36.5. The van der Waals surface area contributed by atoms with E-state index in [-0.39, 0.29) is 24.7 Å². The van der Waals surface area contributed by atoms with Crippen molar-refractivity contribution >= 4 is 23.1 Å². The highest BCUT2D eigenvalue weighted by Crippen LogP contribution is 2.25. The molecule has 7 heteroatoms. The molecule has 1 atom stereocenters. The summed E-state index contributed by atoms with van der Waals surface area (Å²) >= 11 is 0. The van der Waals surface area contributed by atoms with Gasteiger partial charge in [-0.05, 0) is 24.5 Å². The minimum absolute atomic E-state index is 0.0209. The topological polar surface area (TPSA) is 49.7 Å². The zero-order valence-electron chi connectivity index (χ0n) is 11.9. The minimum Gasteiger partial charge on any atom is -0.290 e. The molecule has 1 aromatic rings. The average molecular weight is 312 g/mol. The monoisotopic (exact) mass is 312 g/mol. The van der Waals surface area contributed by atoms with Crippen molar-refractivity contribution in [3.63, 3.8) is 0 Å². The van der Waals surface area contributed by atoms with Crippen molar-refractivity contribution in [2.45, 2.75) is 32.4 Å². The number of hydrogen-bond acceptors (Lipinski definition) is 3. The van der Waals surface area contributed by atoms with Crippen LogP contribution in [0.3, 0.4) is 0 Å². The summed E-state index contributed by atoms with van der Waals surface area (Å²) in [4.78, 5) is 22.8. The lowest BCUT2D eigenvalue weighted by molar-refractivity contribution is -0.171. The molecule has 0 spiro atoms. The summed E-state index contributed by atoms with van der Waals surface area (Å²) in [7, 11) is 0. The van der Waals surface area contributed by atoms with Crippen molar-refractivity contribution in [3.05, 3.63) is 30.3 Å². The molecule has 1 aromatic carbocycles. The molecular weight excluding hydrogens is 297 g/mol. The Hall–Kier alpha value is -2.18. The highest BCUT2D eigenvalue weighted by atomic mass is 19.4. The molecule has 0 saturated carbocycles. The van der Waals surface area contributed by atoms with Crippen molar-refractivity contribution in [2.75, 3.05) is 5.01 Å². The number of ketones is 1. The van der Waals surface area contributed by atoms with Crippen molar-refractivity contribution in [1.29, 1.82) is 0 Å². The lowest BCUT2D eigenvalue weighted by atomic mass is 9.96. The molecule has 0 aliphatic carbocycles. The van der Waals surface area contributed by atoms with E-state index in [0.29, 0.717) is 11.4 Å². The smallest absolute Gasteiger partial charge is 0.290 e. The second-order valence-electron chi connectivity index (χ2n) is 5.17. The number of anilines is 1. The van der Waals surface area contributed by atoms with E-state index in [1.165, 1.54) is 5.01 Å². The number of rotatable bonds is 5. The molecule has 2 rings (SSSR count). The van der Waals surface area contributed by atoms with Gasteiger partial charge in [0, 0.05) is 6.42 Å². The number of para-hydroxylation sites is 1. The van der Waals surface area contributed by atoms with Gasteiger partial charge in [-0.25, -0.2) is 5.01 Å². The molecule has 0 radical (unpaired) electrons. The Bertz CT molecular complexity index is 597. The number of hydrogen-bond donors (Lipinski definition) is 0. The predicted octanol–water partition coefficient (Wildman–Crippen LogP) is 3.33. The van der Waals surface area contributed by atoms with Gasteiger partial charge in [-0.2, -0.15) is 18.3 Å². The number of carbonyl (C=O) groups is 2. The van der Waals surface area contributed by atoms with Gasteiger partial charge in [0.25, 0.3) is 5.91 Å². The maximum absolute atomic E-state index is 12.2. The molecular formula is C15H15F3N2O2. The number of nitrogens with zero attached hydrogens (tertiary/aromatic N) is 2. The van der Waals surface area contributed by atoms with Crippen molar-refractivity contribution in [2.24, 2.45) is 11.0 Å². The van der Waals surface area contributed by atoms with Gasteiger partial charge in [0.2, 0.25) is 5.78 Å². The third-order valence-electron chi connectivity index (χ3n) is 3.49. The van der Waals surface area contributed by atoms with Gasteiger partial charge in [-0.3, -0.25) is 9.59 Å². The lowest BCUT2D eigenvalue weighted by Crippen LogP contribution is -2.24. The van der Waals surface area contributed by atoms with Gasteiger partial charge in [-0.1, -0.05) is 25.1 Å². The van der Waals surface area contributed by atoms with Crippen LogP contribution in [0, 0.1) is 5.92 Å². The van der Waals surface area contributed by atoms with E-state index in [1.807, 2.05) is 0 Å². The van der Waals surface area contributed by atoms with Crippen LogP contribution in [0.4, 0.5) is 18.9 Å². The van der Waals surface area contributed by atoms with Gasteiger partial charge < -0.3 is 0 Å². The van der Waals surface area contributed by atoms with E-state index in [1.54, 1.807) is 37.3 Å². The van der Waals surface area contributed by atoms with E-state index >= 15 is 0 Å². The van der Waals surface area contributed by atoms with Crippen LogP contribution in [0.2, 0.25) is 0 Å². The van der Waals surface area contributed by atoms with E-state index in [0.717, 1.165) is 0 Å². The molecule has 0 saturated heterocycles. The second kappa shape index (κ2) is 6.29. The first-order chi connectivity index (χ1) is 10.3. The predicted molar refractivity (Wildman–Crippen MR) is 75.4 cm³/mol. The number of alkyl halides is 3. The van der Waals surface area contributed by atoms with Crippen LogP contribution in [0.15, 0.2) is 35.4 Å². The summed E-state index contributed by atoms with van der Waals surface area (Å²) in [5, 5.41) is 5.43. The van der Waals surface area contributed by atoms with Crippen LogP contribution in [0.1, 0.15) is 26.2 Å². The third-order valence-corrected chi connectivity index (χ3v) is 3.49. The van der Waals surface area contributed by atoms with E-state index in [4.69, 9.17) is 0 Å². The Labute approximate surface area is 125 Å². The van der Waals surface area contributed by atoms with Crippen LogP contribution in [-0.4, -0.2) is 23.6 Å². The molecule has 118 valence electrons. The Morgan fingerprint density at radius 1 is 1.32 bits per heavy atom. The number of hydrazone groups is 1. The molecule has 1 aliphatic rings. The van der Waals surface area contributed by atoms with E-state index in [9.17, 15) is 22.8 Å². The van der Waals surface area contributed by atoms with Gasteiger partial charge >= 0.3 is 6.18 Å². The molecule has 0 fully saturated rings. The zero-order chi connectivity index (χ0) is 16.3. The Kier molecular flexibility index (Phi) is 4.63. The molecule has 4 nitrogen and oxygen atoms in total. The maximum Gasteiger partial charge on any atom is 0.449 e. The number of carbonyl (C=O) groups excluding carboxylic acids is 2. The van der Waals surface area contributed by atoms with Crippen LogP contribution >= 0.6 is 0 Å². The largest absolute Gasteiger partial charge is 0.449 e. The average Bonchev–Trinajstić information content (AvgIpc) is 2.86. The standard InChI is InChI=1S/C15H15F3N2O2/c1-10(7-8-13(21)15(16,17)18)12-9-14(22)20(19-12)11-5-3-2-4-6-11/h2-6,10H,7-9H2,1H3. The fraction of sp³-hybridized carbons (Fsp3) is 0.400. The number of halogens is 3. The molecule has 0 aromatic heterocycles. The molecule has 1 aliphatic heterocycles. The highest BCUT2D eigenvalue weighted by Gasteiger charge is 2.38. The maximum atomic E-state index is 12.2. The van der Waals surface area contributed by atoms with Crippen LogP contribution < -0.4 is 5.01 Å². The Balaban J connectivity index is 2.01. The van der Waals surface area contributed by atoms with Crippen molar-refractivity contribution < 1.29 is 22.8 Å². The molecule has 1 amide bonds. The lowest BCUT2D eigenvalue weighted by Gasteiger charge is -2.12. The normalized spacial score (nSPS) is 16.6. The van der Waals surface area contributed by atoms with Gasteiger partial charge in [0.05, 0.1) is 17.8 Å². The van der Waals surface area contributed by atoms with Gasteiger partial charge in [0.15, 0.2) is 0 Å². The molecule has 0 N–H and O–H groups in total. The molecule has 1 unspecified atom stereocenters. The Morgan fingerprint density at radius 3 is 2.55 bits per heavy atom. The third kappa shape index (κ3) is 3.72. The van der Waals surface area contributed by atoms with Crippen molar-refractivity contribution in [1.82, 2.24) is 0 Å². The van der Waals surface area contributed by atoms with Gasteiger partial charge in [-0.15, -0.1) is 0 Å². The first kappa shape index (κ1) is 16.2. The summed E-state index contributed by atoms with van der Waals surface area (Å²) in [6.45, 7) is 1.67. The van der Waals surface area contributed by atoms with E-state index in [2.05, 4.69) is 5.10 Å². The zero-order valence-corrected chi connectivity index (χ0v) is 11.9. The first-order valence-corrected chi connectivity index (χ1v) is 6.84. The number of benzene rings is 1. The molecule has 0 bridgehead atoms.